The second-order valence-corrected chi connectivity index (χ2v) is 8.34. The molecule has 0 bridgehead atoms. The lowest BCUT2D eigenvalue weighted by atomic mass is 10.1. The number of H-pyrrole nitrogens is 1. The number of benzene rings is 2. The van der Waals surface area contributed by atoms with E-state index in [1.165, 1.54) is 4.90 Å². The van der Waals surface area contributed by atoms with Gasteiger partial charge in [-0.15, -0.1) is 0 Å². The predicted molar refractivity (Wildman–Crippen MR) is 121 cm³/mol. The first-order valence-electron chi connectivity index (χ1n) is 10.5. The number of fused-ring (bicyclic) bond motifs is 2. The lowest BCUT2D eigenvalue weighted by molar-refractivity contribution is -0.127. The number of carbonyl (C=O) groups is 3. The number of ether oxygens (including phenoxy) is 2. The highest BCUT2D eigenvalue weighted by Gasteiger charge is 2.37. The van der Waals surface area contributed by atoms with Gasteiger partial charge in [-0.25, -0.2) is 4.79 Å². The number of imide groups is 1. The van der Waals surface area contributed by atoms with Crippen molar-refractivity contribution in [2.24, 2.45) is 0 Å². The Morgan fingerprint density at radius 3 is 2.88 bits per heavy atom. The Kier molecular flexibility index (Phi) is 5.55. The number of aromatic amines is 1. The van der Waals surface area contributed by atoms with Gasteiger partial charge in [-0.3, -0.25) is 14.5 Å². The van der Waals surface area contributed by atoms with Gasteiger partial charge in [0.05, 0.1) is 0 Å². The van der Waals surface area contributed by atoms with Crippen LogP contribution in [0.5, 0.6) is 11.5 Å². The lowest BCUT2D eigenvalue weighted by Crippen LogP contribution is -2.33. The molecule has 10 heteroatoms. The molecule has 1 atom stereocenters. The Labute approximate surface area is 194 Å². The van der Waals surface area contributed by atoms with Crippen LogP contribution in [-0.2, 0) is 16.0 Å². The van der Waals surface area contributed by atoms with E-state index in [0.717, 1.165) is 16.5 Å². The summed E-state index contributed by atoms with van der Waals surface area (Å²) in [5, 5.41) is 7.03. The number of anilines is 1. The van der Waals surface area contributed by atoms with Gasteiger partial charge in [0, 0.05) is 46.8 Å². The van der Waals surface area contributed by atoms with Crippen molar-refractivity contribution in [2.75, 3.05) is 18.7 Å². The van der Waals surface area contributed by atoms with Crippen molar-refractivity contribution in [1.82, 2.24) is 15.2 Å². The summed E-state index contributed by atoms with van der Waals surface area (Å²) in [5.41, 5.74) is 2.49. The van der Waals surface area contributed by atoms with Crippen LogP contribution in [0.15, 0.2) is 42.6 Å². The molecular weight excluding hydrogens is 448 g/mol. The molecule has 33 heavy (non-hydrogen) atoms. The van der Waals surface area contributed by atoms with Crippen LogP contribution in [0.2, 0.25) is 5.02 Å². The van der Waals surface area contributed by atoms with Crippen molar-refractivity contribution < 1.29 is 23.9 Å². The molecule has 0 aliphatic carbocycles. The number of amides is 4. The molecule has 3 aromatic rings. The quantitative estimate of drug-likeness (QED) is 0.460. The third-order valence-electron chi connectivity index (χ3n) is 5.76. The maximum absolute atomic E-state index is 12.7. The van der Waals surface area contributed by atoms with E-state index in [4.69, 9.17) is 21.1 Å². The number of rotatable bonds is 7. The Hall–Kier alpha value is -3.72. The Balaban J connectivity index is 1.15. The normalized spacial score (nSPS) is 17.0. The third-order valence-corrected chi connectivity index (χ3v) is 5.99. The summed E-state index contributed by atoms with van der Waals surface area (Å²) in [6.07, 6.45) is 2.65. The van der Waals surface area contributed by atoms with E-state index < -0.39 is 12.1 Å². The number of aromatic nitrogens is 1. The first kappa shape index (κ1) is 21.1. The molecule has 1 aromatic heterocycles. The van der Waals surface area contributed by atoms with Crippen molar-refractivity contribution in [1.29, 1.82) is 0 Å². The first-order chi connectivity index (χ1) is 16.0. The fourth-order valence-electron chi connectivity index (χ4n) is 4.05. The smallest absolute Gasteiger partial charge is 0.324 e. The fraction of sp³-hybridized carbons (Fsp3) is 0.261. The van der Waals surface area contributed by atoms with Crippen LogP contribution >= 0.6 is 11.6 Å². The lowest BCUT2D eigenvalue weighted by Gasteiger charge is -2.13. The molecule has 170 valence electrons. The van der Waals surface area contributed by atoms with Gasteiger partial charge in [0.2, 0.25) is 12.7 Å². The van der Waals surface area contributed by atoms with E-state index in [0.29, 0.717) is 28.6 Å². The second kappa shape index (κ2) is 8.67. The summed E-state index contributed by atoms with van der Waals surface area (Å²) in [4.78, 5) is 41.8. The summed E-state index contributed by atoms with van der Waals surface area (Å²) in [6.45, 7) is 0.394. The molecule has 2 aliphatic rings. The maximum Gasteiger partial charge on any atom is 0.324 e. The summed E-state index contributed by atoms with van der Waals surface area (Å²) in [6, 6.07) is 9.50. The van der Waals surface area contributed by atoms with Crippen molar-refractivity contribution in [3.05, 3.63) is 53.2 Å². The third kappa shape index (κ3) is 4.31. The molecule has 3 N–H and O–H groups in total. The van der Waals surface area contributed by atoms with Crippen LogP contribution in [0.1, 0.15) is 18.4 Å². The largest absolute Gasteiger partial charge is 0.454 e. The predicted octanol–water partition coefficient (Wildman–Crippen LogP) is 3.43. The van der Waals surface area contributed by atoms with Crippen LogP contribution in [-0.4, -0.2) is 47.1 Å². The molecule has 0 radical (unpaired) electrons. The molecule has 1 fully saturated rings. The van der Waals surface area contributed by atoms with E-state index in [2.05, 4.69) is 15.6 Å². The van der Waals surface area contributed by atoms with Gasteiger partial charge in [-0.05, 0) is 48.7 Å². The molecule has 0 saturated carbocycles. The van der Waals surface area contributed by atoms with Gasteiger partial charge in [0.25, 0.3) is 5.91 Å². The van der Waals surface area contributed by atoms with Gasteiger partial charge < -0.3 is 25.1 Å². The Bertz CT molecular complexity index is 1260. The van der Waals surface area contributed by atoms with Crippen molar-refractivity contribution in [3.63, 3.8) is 0 Å². The highest BCUT2D eigenvalue weighted by Crippen LogP contribution is 2.34. The second-order valence-electron chi connectivity index (χ2n) is 7.90. The van der Waals surface area contributed by atoms with E-state index in [-0.39, 0.29) is 38.0 Å². The van der Waals surface area contributed by atoms with Gasteiger partial charge in [0.1, 0.15) is 6.04 Å². The molecule has 2 aromatic carbocycles. The average molecular weight is 469 g/mol. The Morgan fingerprint density at radius 2 is 2.00 bits per heavy atom. The number of halogens is 1. The van der Waals surface area contributed by atoms with E-state index in [1.54, 1.807) is 24.3 Å². The van der Waals surface area contributed by atoms with Crippen LogP contribution in [0, 0.1) is 0 Å². The number of nitrogens with zero attached hydrogens (tertiary/aromatic N) is 1. The highest BCUT2D eigenvalue weighted by molar-refractivity contribution is 6.31. The van der Waals surface area contributed by atoms with Gasteiger partial charge in [-0.2, -0.15) is 0 Å². The molecule has 1 saturated heterocycles. The summed E-state index contributed by atoms with van der Waals surface area (Å²) in [7, 11) is 0. The zero-order valence-corrected chi connectivity index (χ0v) is 18.3. The van der Waals surface area contributed by atoms with Crippen LogP contribution < -0.4 is 20.1 Å². The number of hydrogen-bond acceptors (Lipinski definition) is 5. The Morgan fingerprint density at radius 1 is 1.15 bits per heavy atom. The van der Waals surface area contributed by atoms with Crippen LogP contribution in [0.4, 0.5) is 10.5 Å². The maximum atomic E-state index is 12.7. The standard InChI is InChI=1S/C23H21ClN4O5/c24-14-1-3-17-16(9-14)13(11-25-17)7-8-28-22(30)18(27-23(28)31)4-6-21(29)26-15-2-5-19-20(10-15)33-12-32-19/h1-3,5,9-11,18,25H,4,6-8,12H2,(H,26,29)(H,27,31). The number of nitrogens with one attached hydrogen (secondary N) is 3. The van der Waals surface area contributed by atoms with Crippen LogP contribution in [0.3, 0.4) is 0 Å². The molecule has 2 aliphatic heterocycles. The number of hydrogen-bond donors (Lipinski definition) is 3. The number of carbonyl (C=O) groups excluding carboxylic acids is 3. The topological polar surface area (TPSA) is 113 Å². The minimum Gasteiger partial charge on any atom is -0.454 e. The monoisotopic (exact) mass is 468 g/mol. The van der Waals surface area contributed by atoms with E-state index in [1.807, 2.05) is 18.3 Å². The zero-order valence-electron chi connectivity index (χ0n) is 17.5. The van der Waals surface area contributed by atoms with E-state index >= 15 is 0 Å². The number of urea groups is 1. The highest BCUT2D eigenvalue weighted by atomic mass is 35.5. The van der Waals surface area contributed by atoms with E-state index in [9.17, 15) is 14.4 Å². The molecule has 9 nitrogen and oxygen atoms in total. The van der Waals surface area contributed by atoms with Crippen molar-refractivity contribution in [3.8, 4) is 11.5 Å². The van der Waals surface area contributed by atoms with Gasteiger partial charge >= 0.3 is 6.03 Å². The first-order valence-corrected chi connectivity index (χ1v) is 10.9. The van der Waals surface area contributed by atoms with Crippen molar-refractivity contribution >= 4 is 46.0 Å². The zero-order chi connectivity index (χ0) is 22.9. The molecule has 5 rings (SSSR count). The molecule has 0 spiro atoms. The van der Waals surface area contributed by atoms with Gasteiger partial charge in [-0.1, -0.05) is 11.6 Å². The molecule has 3 heterocycles. The van der Waals surface area contributed by atoms with Gasteiger partial charge in [0.15, 0.2) is 11.5 Å². The van der Waals surface area contributed by atoms with Crippen LogP contribution in [0.25, 0.3) is 10.9 Å². The summed E-state index contributed by atoms with van der Waals surface area (Å²) >= 11 is 6.09. The molecule has 1 unspecified atom stereocenters. The molecule has 4 amide bonds. The summed E-state index contributed by atoms with van der Waals surface area (Å²) in [5.74, 6) is 0.612. The summed E-state index contributed by atoms with van der Waals surface area (Å²) < 4.78 is 10.5. The fourth-order valence-corrected chi connectivity index (χ4v) is 4.22. The average Bonchev–Trinajstić information content (AvgIpc) is 3.48. The minimum atomic E-state index is -0.725. The SMILES string of the molecule is O=C(CCC1NC(=O)N(CCc2c[nH]c3ccc(Cl)cc23)C1=O)Nc1ccc2c(c1)OCO2. The molecular formula is C23H21ClN4O5. The van der Waals surface area contributed by atoms with Crippen molar-refractivity contribution in [2.45, 2.75) is 25.3 Å². The minimum absolute atomic E-state index is 0.0832.